The Bertz CT molecular complexity index is 1330. The van der Waals surface area contributed by atoms with Crippen LogP contribution in [0.1, 0.15) is 54.2 Å². The predicted octanol–water partition coefficient (Wildman–Crippen LogP) is 4.67. The van der Waals surface area contributed by atoms with Gasteiger partial charge >= 0.3 is 0 Å². The minimum absolute atomic E-state index is 0.0543. The normalized spacial score (nSPS) is 12.1. The number of benzene rings is 2. The van der Waals surface area contributed by atoms with Gasteiger partial charge in [-0.1, -0.05) is 12.1 Å². The van der Waals surface area contributed by atoms with Crippen LogP contribution in [0.25, 0.3) is 21.9 Å². The highest BCUT2D eigenvalue weighted by Gasteiger charge is 2.13. The van der Waals surface area contributed by atoms with Crippen LogP contribution < -0.4 is 15.8 Å². The number of nitrogens with zero attached hydrogens (tertiary/aromatic N) is 1. The molecule has 0 saturated carbocycles. The van der Waals surface area contributed by atoms with E-state index in [1.54, 1.807) is 13.2 Å². The summed E-state index contributed by atoms with van der Waals surface area (Å²) in [6.45, 7) is 2.43. The number of carbonyl (C=O) groups is 2. The maximum Gasteiger partial charge on any atom is 0.220 e. The Labute approximate surface area is 205 Å². The van der Waals surface area contributed by atoms with Gasteiger partial charge in [-0.2, -0.15) is 0 Å². The fourth-order valence-corrected chi connectivity index (χ4v) is 4.14. The Kier molecular flexibility index (Phi) is 7.77. The van der Waals surface area contributed by atoms with E-state index in [1.807, 2.05) is 49.4 Å². The molecule has 182 valence electrons. The first-order valence-corrected chi connectivity index (χ1v) is 12.0. The van der Waals surface area contributed by atoms with E-state index in [9.17, 15) is 9.59 Å². The Morgan fingerprint density at radius 3 is 2.60 bits per heavy atom. The summed E-state index contributed by atoms with van der Waals surface area (Å²) in [5.74, 6) is 0.565. The first-order chi connectivity index (χ1) is 16.9. The lowest BCUT2D eigenvalue weighted by atomic mass is 10.0. The molecule has 2 aromatic heterocycles. The molecule has 4 N–H and O–H groups in total. The zero-order valence-corrected chi connectivity index (χ0v) is 20.3. The van der Waals surface area contributed by atoms with Crippen molar-refractivity contribution in [3.63, 3.8) is 0 Å². The Morgan fingerprint density at radius 1 is 1.06 bits per heavy atom. The molecule has 0 aliphatic rings. The Morgan fingerprint density at radius 2 is 1.86 bits per heavy atom. The van der Waals surface area contributed by atoms with E-state index in [0.29, 0.717) is 12.1 Å². The van der Waals surface area contributed by atoms with E-state index in [1.165, 1.54) is 0 Å². The van der Waals surface area contributed by atoms with Gasteiger partial charge in [-0.15, -0.1) is 0 Å². The van der Waals surface area contributed by atoms with Crippen LogP contribution in [0.5, 0.6) is 5.75 Å². The Balaban J connectivity index is 1.36. The number of Topliss-reactive ketones (excluding diaryl/α,β-unsaturated/α-hetero) is 1. The minimum Gasteiger partial charge on any atom is -0.497 e. The summed E-state index contributed by atoms with van der Waals surface area (Å²) in [7, 11) is 1.61. The quantitative estimate of drug-likeness (QED) is 0.275. The average Bonchev–Trinajstić information content (AvgIpc) is 3.23. The van der Waals surface area contributed by atoms with E-state index < -0.39 is 0 Å². The van der Waals surface area contributed by atoms with Gasteiger partial charge in [0.2, 0.25) is 5.91 Å². The standard InChI is InChI=1S/C28H32N4O3/c1-18(29)4-3-5-21-9-12-23-24-16-20(8-13-25(24)32-28(23)31-21)26(33)14-15-27(34)30-17-19-6-10-22(35-2)11-7-19/h6-13,16,18H,3-5,14-15,17,29H2,1-2H3,(H,30,34)(H,31,32). The lowest BCUT2D eigenvalue weighted by molar-refractivity contribution is -0.121. The van der Waals surface area contributed by atoms with Gasteiger partial charge in [0.1, 0.15) is 11.4 Å². The van der Waals surface area contributed by atoms with Crippen molar-refractivity contribution in [2.45, 2.75) is 51.6 Å². The summed E-state index contributed by atoms with van der Waals surface area (Å²) in [6, 6.07) is 17.4. The summed E-state index contributed by atoms with van der Waals surface area (Å²) in [6.07, 6.45) is 3.16. The number of ether oxygens (including phenoxy) is 1. The number of methoxy groups -OCH3 is 1. The number of amides is 1. The molecule has 0 spiro atoms. The fourth-order valence-electron chi connectivity index (χ4n) is 4.14. The molecule has 4 aromatic rings. The molecule has 0 fully saturated rings. The van der Waals surface area contributed by atoms with Crippen LogP contribution in [0.2, 0.25) is 0 Å². The number of hydrogen-bond donors (Lipinski definition) is 3. The molecule has 2 heterocycles. The zero-order chi connectivity index (χ0) is 24.8. The van der Waals surface area contributed by atoms with Crippen molar-refractivity contribution in [2.75, 3.05) is 7.11 Å². The lowest BCUT2D eigenvalue weighted by Crippen LogP contribution is -2.23. The number of fused-ring (bicyclic) bond motifs is 3. The molecule has 1 unspecified atom stereocenters. The van der Waals surface area contributed by atoms with Crippen molar-refractivity contribution in [3.8, 4) is 5.75 Å². The summed E-state index contributed by atoms with van der Waals surface area (Å²) >= 11 is 0. The molecule has 0 aliphatic carbocycles. The van der Waals surface area contributed by atoms with E-state index in [2.05, 4.69) is 16.4 Å². The van der Waals surface area contributed by atoms with Crippen LogP contribution in [0.3, 0.4) is 0 Å². The number of aryl methyl sites for hydroxylation is 1. The van der Waals surface area contributed by atoms with E-state index >= 15 is 0 Å². The smallest absolute Gasteiger partial charge is 0.220 e. The van der Waals surface area contributed by atoms with Crippen molar-refractivity contribution >= 4 is 33.6 Å². The maximum atomic E-state index is 12.8. The van der Waals surface area contributed by atoms with Crippen molar-refractivity contribution in [1.82, 2.24) is 15.3 Å². The van der Waals surface area contributed by atoms with E-state index in [-0.39, 0.29) is 30.6 Å². The molecule has 2 aromatic carbocycles. The van der Waals surface area contributed by atoms with Crippen LogP contribution in [-0.4, -0.2) is 34.8 Å². The van der Waals surface area contributed by atoms with Gasteiger partial charge in [0, 0.05) is 53.0 Å². The van der Waals surface area contributed by atoms with Crippen molar-refractivity contribution < 1.29 is 14.3 Å². The average molecular weight is 473 g/mol. The van der Waals surface area contributed by atoms with Crippen LogP contribution in [0.15, 0.2) is 54.6 Å². The molecule has 35 heavy (non-hydrogen) atoms. The highest BCUT2D eigenvalue weighted by Crippen LogP contribution is 2.26. The first-order valence-electron chi connectivity index (χ1n) is 12.0. The monoisotopic (exact) mass is 472 g/mol. The van der Waals surface area contributed by atoms with Crippen LogP contribution in [0.4, 0.5) is 0 Å². The van der Waals surface area contributed by atoms with E-state index in [4.69, 9.17) is 15.5 Å². The number of hydrogen-bond acceptors (Lipinski definition) is 5. The van der Waals surface area contributed by atoms with Crippen molar-refractivity contribution in [1.29, 1.82) is 0 Å². The summed E-state index contributed by atoms with van der Waals surface area (Å²) in [4.78, 5) is 33.2. The number of pyridine rings is 1. The zero-order valence-electron chi connectivity index (χ0n) is 20.3. The topological polar surface area (TPSA) is 110 Å². The molecule has 1 amide bonds. The third-order valence-electron chi connectivity index (χ3n) is 6.16. The largest absolute Gasteiger partial charge is 0.497 e. The Hall–Kier alpha value is -3.71. The molecule has 7 heteroatoms. The minimum atomic E-state index is -0.150. The molecule has 1 atom stereocenters. The SMILES string of the molecule is COc1ccc(CNC(=O)CCC(=O)c2ccc3[nH]c4nc(CCCC(C)N)ccc4c3c2)cc1. The van der Waals surface area contributed by atoms with Gasteiger partial charge in [-0.25, -0.2) is 4.98 Å². The highest BCUT2D eigenvalue weighted by molar-refractivity contribution is 6.09. The van der Waals surface area contributed by atoms with Crippen LogP contribution in [0, 0.1) is 0 Å². The molecular formula is C28H32N4O3. The number of carbonyl (C=O) groups excluding carboxylic acids is 2. The fraction of sp³-hybridized carbons (Fsp3) is 0.321. The van der Waals surface area contributed by atoms with Gasteiger partial charge in [0.05, 0.1) is 7.11 Å². The third-order valence-corrected chi connectivity index (χ3v) is 6.16. The van der Waals surface area contributed by atoms with E-state index in [0.717, 1.165) is 58.2 Å². The molecule has 0 saturated heterocycles. The number of H-pyrrole nitrogens is 1. The molecule has 0 bridgehead atoms. The van der Waals surface area contributed by atoms with Gasteiger partial charge in [0.15, 0.2) is 5.78 Å². The van der Waals surface area contributed by atoms with Gasteiger partial charge in [-0.3, -0.25) is 9.59 Å². The molecule has 7 nitrogen and oxygen atoms in total. The molecule has 0 aliphatic heterocycles. The van der Waals surface area contributed by atoms with Crippen LogP contribution in [-0.2, 0) is 17.8 Å². The number of rotatable bonds is 11. The third kappa shape index (κ3) is 6.25. The number of nitrogens with one attached hydrogen (secondary N) is 2. The second-order valence-electron chi connectivity index (χ2n) is 9.00. The maximum absolute atomic E-state index is 12.8. The second-order valence-corrected chi connectivity index (χ2v) is 9.00. The number of aromatic amines is 1. The second kappa shape index (κ2) is 11.1. The van der Waals surface area contributed by atoms with Crippen molar-refractivity contribution in [2.24, 2.45) is 5.73 Å². The first kappa shape index (κ1) is 24.4. The summed E-state index contributed by atoms with van der Waals surface area (Å²) in [5, 5.41) is 4.82. The van der Waals surface area contributed by atoms with Crippen LogP contribution >= 0.6 is 0 Å². The summed E-state index contributed by atoms with van der Waals surface area (Å²) < 4.78 is 5.14. The number of ketones is 1. The number of aromatic nitrogens is 2. The molecule has 0 radical (unpaired) electrons. The summed E-state index contributed by atoms with van der Waals surface area (Å²) in [5.41, 5.74) is 10.2. The van der Waals surface area contributed by atoms with Gasteiger partial charge in [0.25, 0.3) is 0 Å². The van der Waals surface area contributed by atoms with Gasteiger partial charge in [-0.05, 0) is 74.2 Å². The highest BCUT2D eigenvalue weighted by atomic mass is 16.5. The predicted molar refractivity (Wildman–Crippen MR) is 139 cm³/mol. The van der Waals surface area contributed by atoms with Crippen molar-refractivity contribution in [3.05, 3.63) is 71.4 Å². The lowest BCUT2D eigenvalue weighted by Gasteiger charge is -2.06. The molecule has 4 rings (SSSR count). The molecular weight excluding hydrogens is 440 g/mol. The van der Waals surface area contributed by atoms with Gasteiger partial charge < -0.3 is 20.8 Å². The number of nitrogens with two attached hydrogens (primary N) is 1.